The number of piperidine rings is 1. The Morgan fingerprint density at radius 2 is 2.07 bits per heavy atom. The van der Waals surface area contributed by atoms with Crippen molar-refractivity contribution in [3.05, 3.63) is 29.8 Å². The molecule has 1 aliphatic rings. The Labute approximate surface area is 90.1 Å². The summed E-state index contributed by atoms with van der Waals surface area (Å²) in [6, 6.07) is 7.98. The van der Waals surface area contributed by atoms with Gasteiger partial charge in [0.05, 0.1) is 13.2 Å². The van der Waals surface area contributed by atoms with Crippen LogP contribution < -0.4 is 10.1 Å². The van der Waals surface area contributed by atoms with Crippen molar-refractivity contribution in [2.45, 2.75) is 18.4 Å². The van der Waals surface area contributed by atoms with Gasteiger partial charge in [-0.3, -0.25) is 0 Å². The van der Waals surface area contributed by atoms with Crippen molar-refractivity contribution in [3.8, 4) is 5.75 Å². The lowest BCUT2D eigenvalue weighted by Gasteiger charge is -2.28. The first kappa shape index (κ1) is 10.5. The second-order valence-electron chi connectivity index (χ2n) is 3.94. The highest BCUT2D eigenvalue weighted by molar-refractivity contribution is 5.30. The molecule has 0 aromatic heterocycles. The number of aliphatic hydroxyl groups excluding tert-OH is 1. The predicted molar refractivity (Wildman–Crippen MR) is 59.2 cm³/mol. The SMILES string of the molecule is COc1ccc([C@@H]2CCNC[C@H]2O)cc1. The van der Waals surface area contributed by atoms with Gasteiger partial charge in [0.15, 0.2) is 0 Å². The molecule has 1 fully saturated rings. The Bertz CT molecular complexity index is 310. The molecule has 0 aliphatic carbocycles. The lowest BCUT2D eigenvalue weighted by Crippen LogP contribution is -2.39. The number of hydrogen-bond donors (Lipinski definition) is 2. The van der Waals surface area contributed by atoms with Crippen molar-refractivity contribution in [2.24, 2.45) is 0 Å². The molecule has 3 heteroatoms. The van der Waals surface area contributed by atoms with Crippen LogP contribution in [0.5, 0.6) is 5.75 Å². The maximum atomic E-state index is 9.86. The fourth-order valence-corrected chi connectivity index (χ4v) is 2.08. The molecule has 0 saturated carbocycles. The number of β-amino-alcohol motifs (C(OH)–C–C–N with tert-alkyl or cyclic N) is 1. The van der Waals surface area contributed by atoms with E-state index < -0.39 is 0 Å². The molecule has 0 radical (unpaired) electrons. The molecule has 0 unspecified atom stereocenters. The number of rotatable bonds is 2. The number of ether oxygens (including phenoxy) is 1. The number of benzene rings is 1. The highest BCUT2D eigenvalue weighted by atomic mass is 16.5. The summed E-state index contributed by atoms with van der Waals surface area (Å²) in [5.74, 6) is 1.12. The van der Waals surface area contributed by atoms with Crippen LogP contribution in [0.1, 0.15) is 17.9 Å². The summed E-state index contributed by atoms with van der Waals surface area (Å²) in [4.78, 5) is 0. The highest BCUT2D eigenvalue weighted by Crippen LogP contribution is 2.26. The molecule has 1 saturated heterocycles. The van der Waals surface area contributed by atoms with E-state index in [-0.39, 0.29) is 12.0 Å². The molecule has 1 aliphatic heterocycles. The van der Waals surface area contributed by atoms with Gasteiger partial charge in [-0.15, -0.1) is 0 Å². The van der Waals surface area contributed by atoms with Crippen LogP contribution in [0.4, 0.5) is 0 Å². The topological polar surface area (TPSA) is 41.5 Å². The predicted octanol–water partition coefficient (Wildman–Crippen LogP) is 1.13. The quantitative estimate of drug-likeness (QED) is 0.764. The zero-order chi connectivity index (χ0) is 10.7. The Morgan fingerprint density at radius 1 is 1.33 bits per heavy atom. The monoisotopic (exact) mass is 207 g/mol. The molecular formula is C12H17NO2. The normalized spacial score (nSPS) is 26.3. The minimum atomic E-state index is -0.271. The Kier molecular flexibility index (Phi) is 3.23. The molecule has 0 bridgehead atoms. The van der Waals surface area contributed by atoms with Crippen molar-refractivity contribution in [2.75, 3.05) is 20.2 Å². The molecule has 2 N–H and O–H groups in total. The Balaban J connectivity index is 2.13. The van der Waals surface area contributed by atoms with Crippen LogP contribution >= 0.6 is 0 Å². The summed E-state index contributed by atoms with van der Waals surface area (Å²) in [5.41, 5.74) is 1.20. The summed E-state index contributed by atoms with van der Waals surface area (Å²) in [6.07, 6.45) is 0.722. The molecule has 0 amide bonds. The average molecular weight is 207 g/mol. The van der Waals surface area contributed by atoms with E-state index in [1.807, 2.05) is 24.3 Å². The molecule has 15 heavy (non-hydrogen) atoms. The van der Waals surface area contributed by atoms with Crippen molar-refractivity contribution < 1.29 is 9.84 Å². The van der Waals surface area contributed by atoms with E-state index in [1.165, 1.54) is 5.56 Å². The first-order chi connectivity index (χ1) is 7.31. The maximum absolute atomic E-state index is 9.86. The summed E-state index contributed by atoms with van der Waals surface area (Å²) >= 11 is 0. The largest absolute Gasteiger partial charge is 0.497 e. The van der Waals surface area contributed by atoms with Gasteiger partial charge >= 0.3 is 0 Å². The smallest absolute Gasteiger partial charge is 0.118 e. The number of nitrogens with one attached hydrogen (secondary N) is 1. The minimum absolute atomic E-state index is 0.261. The first-order valence-corrected chi connectivity index (χ1v) is 5.34. The molecule has 3 nitrogen and oxygen atoms in total. The molecule has 1 heterocycles. The van der Waals surface area contributed by atoms with E-state index in [0.717, 1.165) is 18.7 Å². The summed E-state index contributed by atoms with van der Waals surface area (Å²) in [5, 5.41) is 13.0. The van der Waals surface area contributed by atoms with Crippen molar-refractivity contribution in [3.63, 3.8) is 0 Å². The standard InChI is InChI=1S/C12H17NO2/c1-15-10-4-2-9(3-5-10)11-6-7-13-8-12(11)14/h2-5,11-14H,6-8H2,1H3/t11-,12+/m0/s1. The second kappa shape index (κ2) is 4.64. The van der Waals surface area contributed by atoms with Crippen LogP contribution in [0, 0.1) is 0 Å². The zero-order valence-electron chi connectivity index (χ0n) is 8.94. The van der Waals surface area contributed by atoms with Gasteiger partial charge in [0.1, 0.15) is 5.75 Å². The third kappa shape index (κ3) is 2.30. The molecule has 1 aromatic rings. The average Bonchev–Trinajstić information content (AvgIpc) is 2.30. The zero-order valence-corrected chi connectivity index (χ0v) is 8.94. The summed E-state index contributed by atoms with van der Waals surface area (Å²) in [7, 11) is 1.66. The van der Waals surface area contributed by atoms with Crippen LogP contribution in [0.3, 0.4) is 0 Å². The van der Waals surface area contributed by atoms with Gasteiger partial charge in [0, 0.05) is 12.5 Å². The Hall–Kier alpha value is -1.06. The summed E-state index contributed by atoms with van der Waals surface area (Å²) < 4.78 is 5.11. The molecule has 0 spiro atoms. The van der Waals surface area contributed by atoms with Crippen LogP contribution in [-0.2, 0) is 0 Å². The van der Waals surface area contributed by atoms with Crippen molar-refractivity contribution in [1.29, 1.82) is 0 Å². The third-order valence-corrected chi connectivity index (χ3v) is 2.99. The molecular weight excluding hydrogens is 190 g/mol. The molecule has 1 aromatic carbocycles. The molecule has 2 rings (SSSR count). The fraction of sp³-hybridized carbons (Fsp3) is 0.500. The number of aliphatic hydroxyl groups is 1. The second-order valence-corrected chi connectivity index (χ2v) is 3.94. The van der Waals surface area contributed by atoms with Gasteiger partial charge in [0.25, 0.3) is 0 Å². The maximum Gasteiger partial charge on any atom is 0.118 e. The minimum Gasteiger partial charge on any atom is -0.497 e. The lowest BCUT2D eigenvalue weighted by atomic mass is 9.88. The van der Waals surface area contributed by atoms with Gasteiger partial charge < -0.3 is 15.2 Å². The van der Waals surface area contributed by atoms with Crippen molar-refractivity contribution in [1.82, 2.24) is 5.32 Å². The van der Waals surface area contributed by atoms with Crippen LogP contribution in [0.15, 0.2) is 24.3 Å². The number of hydrogen-bond acceptors (Lipinski definition) is 3. The first-order valence-electron chi connectivity index (χ1n) is 5.34. The van der Waals surface area contributed by atoms with Crippen LogP contribution in [0.2, 0.25) is 0 Å². The van der Waals surface area contributed by atoms with Gasteiger partial charge in [-0.05, 0) is 30.7 Å². The molecule has 2 atom stereocenters. The van der Waals surface area contributed by atoms with E-state index in [4.69, 9.17) is 4.74 Å². The van der Waals surface area contributed by atoms with Gasteiger partial charge in [-0.25, -0.2) is 0 Å². The van der Waals surface area contributed by atoms with E-state index >= 15 is 0 Å². The van der Waals surface area contributed by atoms with E-state index in [9.17, 15) is 5.11 Å². The van der Waals surface area contributed by atoms with Gasteiger partial charge in [0.2, 0.25) is 0 Å². The Morgan fingerprint density at radius 3 is 2.67 bits per heavy atom. The van der Waals surface area contributed by atoms with Crippen LogP contribution in [-0.4, -0.2) is 31.4 Å². The number of methoxy groups -OCH3 is 1. The van der Waals surface area contributed by atoms with Crippen molar-refractivity contribution >= 4 is 0 Å². The van der Waals surface area contributed by atoms with Gasteiger partial charge in [-0.2, -0.15) is 0 Å². The molecule has 82 valence electrons. The fourth-order valence-electron chi connectivity index (χ4n) is 2.08. The van der Waals surface area contributed by atoms with E-state index in [2.05, 4.69) is 5.32 Å². The highest BCUT2D eigenvalue weighted by Gasteiger charge is 2.23. The lowest BCUT2D eigenvalue weighted by molar-refractivity contribution is 0.118. The van der Waals surface area contributed by atoms with E-state index in [0.29, 0.717) is 6.54 Å². The van der Waals surface area contributed by atoms with E-state index in [1.54, 1.807) is 7.11 Å². The third-order valence-electron chi connectivity index (χ3n) is 2.99. The van der Waals surface area contributed by atoms with Gasteiger partial charge in [-0.1, -0.05) is 12.1 Å². The summed E-state index contributed by atoms with van der Waals surface area (Å²) in [6.45, 7) is 1.67. The van der Waals surface area contributed by atoms with Crippen LogP contribution in [0.25, 0.3) is 0 Å².